The van der Waals surface area contributed by atoms with E-state index in [-0.39, 0.29) is 19.9 Å². The van der Waals surface area contributed by atoms with Crippen molar-refractivity contribution in [3.05, 3.63) is 0 Å². The lowest BCUT2D eigenvalue weighted by molar-refractivity contribution is -0.163. The molecule has 2 N–H and O–H groups in total. The fourth-order valence-electron chi connectivity index (χ4n) is 0.590. The first-order valence-electron chi connectivity index (χ1n) is 3.42. The Bertz CT molecular complexity index is 176. The minimum Gasteiger partial charge on any atom is -0.479 e. The number of carboxylic acids is 1. The summed E-state index contributed by atoms with van der Waals surface area (Å²) in [5.41, 5.74) is -2.21. The molecule has 0 aromatic rings. The molecular weight excluding hydrogens is 180 g/mol. The van der Waals surface area contributed by atoms with Crippen LogP contribution in [0.4, 0.5) is 0 Å². The van der Waals surface area contributed by atoms with Crippen LogP contribution in [0, 0.1) is 0 Å². The first kappa shape index (κ1) is 14.0. The van der Waals surface area contributed by atoms with Gasteiger partial charge >= 0.3 is 5.97 Å². The Balaban J connectivity index is 0. The molecular formula is C7H14O4S. The normalized spacial score (nSPS) is 14.2. The second kappa shape index (κ2) is 5.16. The van der Waals surface area contributed by atoms with Crippen LogP contribution >= 0.6 is 13.5 Å². The Labute approximate surface area is 78.0 Å². The average molecular weight is 194 g/mol. The van der Waals surface area contributed by atoms with Gasteiger partial charge < -0.3 is 10.2 Å². The maximum atomic E-state index is 10.9. The molecule has 0 spiro atoms. The van der Waals surface area contributed by atoms with E-state index in [4.69, 9.17) is 10.2 Å². The third-order valence-electron chi connectivity index (χ3n) is 1.44. The zero-order valence-electron chi connectivity index (χ0n) is 7.13. The number of carboxylic acid groups (broad SMARTS) is 1. The van der Waals surface area contributed by atoms with Gasteiger partial charge in [-0.15, -0.1) is 0 Å². The zero-order valence-corrected chi connectivity index (χ0v) is 8.13. The number of hydrogen-bond acceptors (Lipinski definition) is 3. The van der Waals surface area contributed by atoms with Crippen LogP contribution in [0.25, 0.3) is 0 Å². The maximum Gasteiger partial charge on any atom is 0.343 e. The number of Topliss-reactive ketones (excluding diaryl/α,β-unsaturated/α-hetero) is 1. The lowest BCUT2D eigenvalue weighted by atomic mass is 9.98. The Kier molecular flexibility index (Phi) is 6.02. The quantitative estimate of drug-likeness (QED) is 0.631. The molecule has 0 saturated carbocycles. The highest BCUT2D eigenvalue weighted by molar-refractivity contribution is 7.59. The SMILES string of the molecule is CCCC(=O)C(C)(O)C(=O)O.S. The van der Waals surface area contributed by atoms with Gasteiger partial charge in [0.2, 0.25) is 5.60 Å². The van der Waals surface area contributed by atoms with Gasteiger partial charge in [-0.25, -0.2) is 4.79 Å². The van der Waals surface area contributed by atoms with Crippen molar-refractivity contribution in [3.63, 3.8) is 0 Å². The summed E-state index contributed by atoms with van der Waals surface area (Å²) in [4.78, 5) is 21.1. The maximum absolute atomic E-state index is 10.9. The van der Waals surface area contributed by atoms with E-state index in [9.17, 15) is 9.59 Å². The van der Waals surface area contributed by atoms with Gasteiger partial charge in [0.05, 0.1) is 0 Å². The third-order valence-corrected chi connectivity index (χ3v) is 1.44. The average Bonchev–Trinajstić information content (AvgIpc) is 1.88. The van der Waals surface area contributed by atoms with Crippen LogP contribution in [-0.4, -0.2) is 27.6 Å². The monoisotopic (exact) mass is 194 g/mol. The van der Waals surface area contributed by atoms with Crippen molar-refractivity contribution in [2.45, 2.75) is 32.3 Å². The number of carbonyl (C=O) groups is 2. The molecule has 0 saturated heterocycles. The van der Waals surface area contributed by atoms with E-state index in [0.717, 1.165) is 6.92 Å². The largest absolute Gasteiger partial charge is 0.479 e. The second-order valence-corrected chi connectivity index (χ2v) is 2.55. The van der Waals surface area contributed by atoms with Crippen molar-refractivity contribution < 1.29 is 19.8 Å². The molecule has 0 aromatic heterocycles. The highest BCUT2D eigenvalue weighted by atomic mass is 32.1. The van der Waals surface area contributed by atoms with Crippen LogP contribution in [0.2, 0.25) is 0 Å². The fraction of sp³-hybridized carbons (Fsp3) is 0.714. The van der Waals surface area contributed by atoms with Gasteiger partial charge in [-0.05, 0) is 13.3 Å². The Morgan fingerprint density at radius 1 is 1.42 bits per heavy atom. The predicted molar refractivity (Wildman–Crippen MR) is 48.6 cm³/mol. The van der Waals surface area contributed by atoms with E-state index in [1.54, 1.807) is 6.92 Å². The summed E-state index contributed by atoms with van der Waals surface area (Å²) in [5.74, 6) is -2.14. The van der Waals surface area contributed by atoms with E-state index < -0.39 is 17.4 Å². The molecule has 0 aromatic carbocycles. The standard InChI is InChI=1S/C7H12O4.H2S/c1-3-4-5(8)7(2,11)6(9)10;/h11H,3-4H2,1-2H3,(H,9,10);1H2. The summed E-state index contributed by atoms with van der Waals surface area (Å²) in [6.45, 7) is 2.74. The molecule has 0 radical (unpaired) electrons. The summed E-state index contributed by atoms with van der Waals surface area (Å²) in [7, 11) is 0. The van der Waals surface area contributed by atoms with Gasteiger partial charge in [0.25, 0.3) is 0 Å². The van der Waals surface area contributed by atoms with Gasteiger partial charge in [-0.1, -0.05) is 6.92 Å². The molecule has 0 aliphatic rings. The molecule has 0 aliphatic heterocycles. The Morgan fingerprint density at radius 2 is 1.83 bits per heavy atom. The smallest absolute Gasteiger partial charge is 0.343 e. The topological polar surface area (TPSA) is 74.6 Å². The predicted octanol–water partition coefficient (Wildman–Crippen LogP) is 0.304. The first-order chi connectivity index (χ1) is 4.92. The summed E-state index contributed by atoms with van der Waals surface area (Å²) < 4.78 is 0. The molecule has 5 heteroatoms. The van der Waals surface area contributed by atoms with Crippen LogP contribution in [-0.2, 0) is 9.59 Å². The van der Waals surface area contributed by atoms with E-state index in [2.05, 4.69) is 0 Å². The number of hydrogen-bond donors (Lipinski definition) is 2. The number of rotatable bonds is 4. The molecule has 4 nitrogen and oxygen atoms in total. The number of aliphatic carboxylic acids is 1. The van der Waals surface area contributed by atoms with E-state index in [1.165, 1.54) is 0 Å². The highest BCUT2D eigenvalue weighted by Crippen LogP contribution is 2.08. The lowest BCUT2D eigenvalue weighted by Crippen LogP contribution is -2.43. The summed E-state index contributed by atoms with van der Waals surface area (Å²) in [6, 6.07) is 0. The van der Waals surface area contributed by atoms with Crippen LogP contribution in [0.1, 0.15) is 26.7 Å². The van der Waals surface area contributed by atoms with Gasteiger partial charge in [0.15, 0.2) is 5.78 Å². The molecule has 1 atom stereocenters. The van der Waals surface area contributed by atoms with Crippen LogP contribution < -0.4 is 0 Å². The van der Waals surface area contributed by atoms with Crippen molar-refractivity contribution in [1.82, 2.24) is 0 Å². The van der Waals surface area contributed by atoms with Crippen LogP contribution in [0.3, 0.4) is 0 Å². The molecule has 12 heavy (non-hydrogen) atoms. The summed E-state index contributed by atoms with van der Waals surface area (Å²) in [5, 5.41) is 17.4. The number of ketones is 1. The highest BCUT2D eigenvalue weighted by Gasteiger charge is 2.37. The fourth-order valence-corrected chi connectivity index (χ4v) is 0.590. The van der Waals surface area contributed by atoms with E-state index >= 15 is 0 Å². The van der Waals surface area contributed by atoms with Gasteiger partial charge in [0.1, 0.15) is 0 Å². The van der Waals surface area contributed by atoms with Crippen molar-refractivity contribution in [1.29, 1.82) is 0 Å². The van der Waals surface area contributed by atoms with Gasteiger partial charge in [-0.3, -0.25) is 4.79 Å². The molecule has 1 unspecified atom stereocenters. The molecule has 72 valence electrons. The molecule has 0 fully saturated rings. The summed E-state index contributed by atoms with van der Waals surface area (Å²) in [6.07, 6.45) is 0.640. The van der Waals surface area contributed by atoms with Gasteiger partial charge in [-0.2, -0.15) is 13.5 Å². The van der Waals surface area contributed by atoms with E-state index in [0.29, 0.717) is 6.42 Å². The number of carbonyl (C=O) groups excluding carboxylic acids is 1. The molecule has 0 amide bonds. The van der Waals surface area contributed by atoms with Crippen molar-refractivity contribution >= 4 is 25.2 Å². The Hall–Kier alpha value is -0.550. The zero-order chi connectivity index (χ0) is 9.07. The van der Waals surface area contributed by atoms with Crippen molar-refractivity contribution in [2.75, 3.05) is 0 Å². The van der Waals surface area contributed by atoms with Crippen LogP contribution in [0.15, 0.2) is 0 Å². The summed E-state index contributed by atoms with van der Waals surface area (Å²) >= 11 is 0. The second-order valence-electron chi connectivity index (χ2n) is 2.55. The lowest BCUT2D eigenvalue weighted by Gasteiger charge is -2.14. The molecule has 0 bridgehead atoms. The Morgan fingerprint density at radius 3 is 2.08 bits per heavy atom. The van der Waals surface area contributed by atoms with Crippen molar-refractivity contribution in [3.8, 4) is 0 Å². The number of aliphatic hydroxyl groups is 1. The van der Waals surface area contributed by atoms with E-state index in [1.807, 2.05) is 0 Å². The molecule has 0 heterocycles. The minimum absolute atomic E-state index is 0. The third kappa shape index (κ3) is 3.23. The first-order valence-corrected chi connectivity index (χ1v) is 3.42. The molecule has 0 rings (SSSR count). The van der Waals surface area contributed by atoms with Crippen molar-refractivity contribution in [2.24, 2.45) is 0 Å². The molecule has 0 aliphatic carbocycles. The minimum atomic E-state index is -2.21. The van der Waals surface area contributed by atoms with Gasteiger partial charge in [0, 0.05) is 6.42 Å². The van der Waals surface area contributed by atoms with Crippen LogP contribution in [0.5, 0.6) is 0 Å².